The standard InChI is InChI=1S/C13H16Cl2N2O3/c1-7-5-9(15)10(6-8(7)14)16-12(20)17(4)13(2,3)11(18)19/h5-6H,1-4H3,(H,16,20)(H,18,19). The van der Waals surface area contributed by atoms with Crippen molar-refractivity contribution in [1.82, 2.24) is 4.90 Å². The topological polar surface area (TPSA) is 69.6 Å². The van der Waals surface area contributed by atoms with Gasteiger partial charge in [0.15, 0.2) is 0 Å². The molecule has 0 bridgehead atoms. The molecule has 1 aromatic rings. The van der Waals surface area contributed by atoms with Crippen molar-refractivity contribution in [2.45, 2.75) is 26.3 Å². The Morgan fingerprint density at radius 1 is 1.25 bits per heavy atom. The number of likely N-dealkylation sites (N-methyl/N-ethyl adjacent to an activating group) is 1. The van der Waals surface area contributed by atoms with Crippen LogP contribution in [0.3, 0.4) is 0 Å². The Kier molecular flexibility index (Phi) is 4.89. The quantitative estimate of drug-likeness (QED) is 0.894. The largest absolute Gasteiger partial charge is 0.480 e. The van der Waals surface area contributed by atoms with Gasteiger partial charge in [-0.3, -0.25) is 0 Å². The number of urea groups is 1. The van der Waals surface area contributed by atoms with Crippen LogP contribution in [-0.2, 0) is 4.79 Å². The molecule has 0 aromatic heterocycles. The van der Waals surface area contributed by atoms with Gasteiger partial charge in [-0.2, -0.15) is 0 Å². The molecule has 2 N–H and O–H groups in total. The third kappa shape index (κ3) is 3.35. The van der Waals surface area contributed by atoms with E-state index in [0.717, 1.165) is 10.5 Å². The van der Waals surface area contributed by atoms with E-state index in [9.17, 15) is 9.59 Å². The number of carboxylic acids is 1. The van der Waals surface area contributed by atoms with E-state index in [1.807, 2.05) is 0 Å². The van der Waals surface area contributed by atoms with E-state index in [1.165, 1.54) is 27.0 Å². The highest BCUT2D eigenvalue weighted by Crippen LogP contribution is 2.29. The van der Waals surface area contributed by atoms with Crippen LogP contribution in [0.5, 0.6) is 0 Å². The van der Waals surface area contributed by atoms with Crippen LogP contribution in [-0.4, -0.2) is 34.6 Å². The van der Waals surface area contributed by atoms with Crippen LogP contribution in [0.4, 0.5) is 10.5 Å². The van der Waals surface area contributed by atoms with Gasteiger partial charge < -0.3 is 15.3 Å². The van der Waals surface area contributed by atoms with Gasteiger partial charge in [-0.1, -0.05) is 23.2 Å². The maximum absolute atomic E-state index is 12.1. The van der Waals surface area contributed by atoms with Crippen LogP contribution in [0, 0.1) is 6.92 Å². The molecule has 20 heavy (non-hydrogen) atoms. The van der Waals surface area contributed by atoms with Gasteiger partial charge in [-0.15, -0.1) is 0 Å². The summed E-state index contributed by atoms with van der Waals surface area (Å²) in [5, 5.41) is 12.4. The first-order valence-electron chi connectivity index (χ1n) is 5.81. The molecular formula is C13H16Cl2N2O3. The summed E-state index contributed by atoms with van der Waals surface area (Å²) in [4.78, 5) is 24.3. The monoisotopic (exact) mass is 318 g/mol. The average molecular weight is 319 g/mol. The molecule has 5 nitrogen and oxygen atoms in total. The van der Waals surface area contributed by atoms with Crippen molar-refractivity contribution in [2.75, 3.05) is 12.4 Å². The molecule has 0 heterocycles. The number of halogens is 2. The summed E-state index contributed by atoms with van der Waals surface area (Å²) in [6, 6.07) is 2.57. The molecule has 0 unspecified atom stereocenters. The van der Waals surface area contributed by atoms with Gasteiger partial charge in [-0.25, -0.2) is 9.59 Å². The van der Waals surface area contributed by atoms with Crippen molar-refractivity contribution in [3.63, 3.8) is 0 Å². The molecule has 0 aliphatic heterocycles. The highest BCUT2D eigenvalue weighted by Gasteiger charge is 2.35. The zero-order valence-electron chi connectivity index (χ0n) is 11.6. The van der Waals surface area contributed by atoms with E-state index in [-0.39, 0.29) is 0 Å². The van der Waals surface area contributed by atoms with E-state index in [2.05, 4.69) is 5.32 Å². The Hall–Kier alpha value is -1.46. The summed E-state index contributed by atoms with van der Waals surface area (Å²) in [7, 11) is 1.40. The zero-order chi connectivity index (χ0) is 15.7. The number of rotatable bonds is 3. The van der Waals surface area contributed by atoms with Crippen molar-refractivity contribution in [3.05, 3.63) is 27.7 Å². The second kappa shape index (κ2) is 5.89. The maximum atomic E-state index is 12.1. The molecular weight excluding hydrogens is 303 g/mol. The third-order valence-electron chi connectivity index (χ3n) is 3.16. The van der Waals surface area contributed by atoms with Crippen molar-refractivity contribution in [1.29, 1.82) is 0 Å². The number of carboxylic acid groups (broad SMARTS) is 1. The molecule has 110 valence electrons. The van der Waals surface area contributed by atoms with E-state index in [0.29, 0.717) is 15.7 Å². The minimum atomic E-state index is -1.34. The molecule has 2 amide bonds. The minimum Gasteiger partial charge on any atom is -0.480 e. The molecule has 1 aromatic carbocycles. The van der Waals surface area contributed by atoms with Crippen LogP contribution in [0.25, 0.3) is 0 Å². The predicted molar refractivity (Wildman–Crippen MR) is 79.7 cm³/mol. The van der Waals surface area contributed by atoms with Crippen LogP contribution in [0.1, 0.15) is 19.4 Å². The second-order valence-electron chi connectivity index (χ2n) is 4.93. The van der Waals surface area contributed by atoms with E-state index in [4.69, 9.17) is 28.3 Å². The normalized spacial score (nSPS) is 11.1. The number of nitrogens with zero attached hydrogens (tertiary/aromatic N) is 1. The molecule has 0 aliphatic rings. The highest BCUT2D eigenvalue weighted by atomic mass is 35.5. The fraction of sp³-hybridized carbons (Fsp3) is 0.385. The molecule has 1 rings (SSSR count). The first-order chi connectivity index (χ1) is 9.07. The highest BCUT2D eigenvalue weighted by molar-refractivity contribution is 6.36. The van der Waals surface area contributed by atoms with Crippen molar-refractivity contribution >= 4 is 40.9 Å². The lowest BCUT2D eigenvalue weighted by Crippen LogP contribution is -2.52. The van der Waals surface area contributed by atoms with Crippen molar-refractivity contribution in [3.8, 4) is 0 Å². The van der Waals surface area contributed by atoms with Gasteiger partial charge in [0, 0.05) is 12.1 Å². The summed E-state index contributed by atoms with van der Waals surface area (Å²) >= 11 is 12.0. The van der Waals surface area contributed by atoms with Gasteiger partial charge in [0.1, 0.15) is 5.54 Å². The molecule has 0 fully saturated rings. The lowest BCUT2D eigenvalue weighted by Gasteiger charge is -2.31. The van der Waals surface area contributed by atoms with Crippen molar-refractivity contribution < 1.29 is 14.7 Å². The molecule has 0 saturated heterocycles. The SMILES string of the molecule is Cc1cc(Cl)c(NC(=O)N(C)C(C)(C)C(=O)O)cc1Cl. The lowest BCUT2D eigenvalue weighted by molar-refractivity contribution is -0.146. The Bertz CT molecular complexity index is 559. The summed E-state index contributed by atoms with van der Waals surface area (Å²) in [6.07, 6.45) is 0. The second-order valence-corrected chi connectivity index (χ2v) is 5.75. The summed E-state index contributed by atoms with van der Waals surface area (Å²) in [5.74, 6) is -1.11. The molecule has 0 saturated carbocycles. The Morgan fingerprint density at radius 3 is 2.30 bits per heavy atom. The van der Waals surface area contributed by atoms with Gasteiger partial charge >= 0.3 is 12.0 Å². The first kappa shape index (κ1) is 16.6. The number of aryl methyl sites for hydroxylation is 1. The molecule has 0 spiro atoms. The number of hydrogen-bond donors (Lipinski definition) is 2. The number of hydrogen-bond acceptors (Lipinski definition) is 2. The van der Waals surface area contributed by atoms with Gasteiger partial charge in [0.25, 0.3) is 0 Å². The number of carbonyl (C=O) groups excluding carboxylic acids is 1. The van der Waals surface area contributed by atoms with Gasteiger partial charge in [0.2, 0.25) is 0 Å². The Labute approximate surface area is 127 Å². The van der Waals surface area contributed by atoms with Crippen LogP contribution >= 0.6 is 23.2 Å². The Balaban J connectivity index is 2.97. The van der Waals surface area contributed by atoms with Crippen LogP contribution in [0.2, 0.25) is 10.0 Å². The number of aliphatic carboxylic acids is 1. The lowest BCUT2D eigenvalue weighted by atomic mass is 10.1. The smallest absolute Gasteiger partial charge is 0.329 e. The van der Waals surface area contributed by atoms with Gasteiger partial charge in [0.05, 0.1) is 10.7 Å². The summed E-state index contributed by atoms with van der Waals surface area (Å²) < 4.78 is 0. The fourth-order valence-electron chi connectivity index (χ4n) is 1.34. The predicted octanol–water partition coefficient (Wildman–Crippen LogP) is 3.63. The molecule has 0 atom stereocenters. The number of anilines is 1. The summed E-state index contributed by atoms with van der Waals surface area (Å²) in [5.41, 5.74) is -0.223. The average Bonchev–Trinajstić information content (AvgIpc) is 2.34. The summed E-state index contributed by atoms with van der Waals surface area (Å²) in [6.45, 7) is 4.65. The number of carbonyl (C=O) groups is 2. The van der Waals surface area contributed by atoms with Crippen LogP contribution in [0.15, 0.2) is 12.1 Å². The van der Waals surface area contributed by atoms with E-state index < -0.39 is 17.5 Å². The molecule has 0 radical (unpaired) electrons. The first-order valence-corrected chi connectivity index (χ1v) is 6.56. The molecule has 0 aliphatic carbocycles. The third-order valence-corrected chi connectivity index (χ3v) is 3.88. The Morgan fingerprint density at radius 2 is 1.80 bits per heavy atom. The van der Waals surface area contributed by atoms with Gasteiger partial charge in [-0.05, 0) is 38.5 Å². The zero-order valence-corrected chi connectivity index (χ0v) is 13.1. The molecule has 7 heteroatoms. The number of nitrogens with one attached hydrogen (secondary N) is 1. The minimum absolute atomic E-state index is 0.334. The number of amides is 2. The van der Waals surface area contributed by atoms with E-state index >= 15 is 0 Å². The fourth-order valence-corrected chi connectivity index (χ4v) is 1.77. The van der Waals surface area contributed by atoms with Crippen molar-refractivity contribution in [2.24, 2.45) is 0 Å². The van der Waals surface area contributed by atoms with E-state index in [1.54, 1.807) is 13.0 Å². The maximum Gasteiger partial charge on any atom is 0.329 e. The number of benzene rings is 1. The van der Waals surface area contributed by atoms with Crippen LogP contribution < -0.4 is 5.32 Å².